The molecular weight excluding hydrogens is 510 g/mol. The zero-order valence-electron chi connectivity index (χ0n) is 19.5. The summed E-state index contributed by atoms with van der Waals surface area (Å²) in [4.78, 5) is 0. The molecule has 2 nitrogen and oxygen atoms in total. The van der Waals surface area contributed by atoms with Crippen LogP contribution in [0.2, 0.25) is 0 Å². The number of halogens is 10. The van der Waals surface area contributed by atoms with Crippen molar-refractivity contribution in [2.75, 3.05) is 6.61 Å². The van der Waals surface area contributed by atoms with Gasteiger partial charge >= 0.3 is 18.2 Å². The predicted octanol–water partition coefficient (Wildman–Crippen LogP) is 8.48. The van der Waals surface area contributed by atoms with E-state index in [-0.39, 0.29) is 25.0 Å². The lowest BCUT2D eigenvalue weighted by atomic mass is 9.69. The molecule has 3 rings (SSSR count). The Kier molecular flexibility index (Phi) is 8.65. The third-order valence-electron chi connectivity index (χ3n) is 7.27. The molecule has 1 atom stereocenters. The summed E-state index contributed by atoms with van der Waals surface area (Å²) in [7, 11) is 0. The van der Waals surface area contributed by atoms with Gasteiger partial charge in [-0.1, -0.05) is 19.8 Å². The smallest absolute Gasteiger partial charge is 0.425 e. The Morgan fingerprint density at radius 1 is 0.806 bits per heavy atom. The van der Waals surface area contributed by atoms with E-state index in [0.29, 0.717) is 30.6 Å². The Balaban J connectivity index is 1.59. The van der Waals surface area contributed by atoms with Gasteiger partial charge in [-0.25, -0.2) is 13.2 Å². The van der Waals surface area contributed by atoms with E-state index in [1.165, 1.54) is 0 Å². The van der Waals surface area contributed by atoms with E-state index in [0.717, 1.165) is 25.7 Å². The van der Waals surface area contributed by atoms with Gasteiger partial charge in [-0.2, -0.15) is 30.7 Å². The molecule has 0 radical (unpaired) electrons. The Morgan fingerprint density at radius 2 is 1.28 bits per heavy atom. The molecule has 0 aliphatic heterocycles. The lowest BCUT2D eigenvalue weighted by Crippen LogP contribution is -2.45. The van der Waals surface area contributed by atoms with E-state index in [1.807, 2.05) is 0 Å². The second-order valence-corrected chi connectivity index (χ2v) is 9.97. The third-order valence-corrected chi connectivity index (χ3v) is 7.27. The van der Waals surface area contributed by atoms with Crippen LogP contribution < -0.4 is 9.47 Å². The molecule has 0 bridgehead atoms. The Bertz CT molecular complexity index is 849. The summed E-state index contributed by atoms with van der Waals surface area (Å²) >= 11 is 0. The number of ether oxygens (including phenoxy) is 2. The molecule has 0 heterocycles. The minimum atomic E-state index is -5.93. The van der Waals surface area contributed by atoms with Crippen molar-refractivity contribution in [3.05, 3.63) is 23.8 Å². The molecule has 2 saturated carbocycles. The van der Waals surface area contributed by atoms with Gasteiger partial charge in [0.25, 0.3) is 6.17 Å². The summed E-state index contributed by atoms with van der Waals surface area (Å²) in [5, 5.41) is 0. The van der Waals surface area contributed by atoms with Gasteiger partial charge in [0.2, 0.25) is 0 Å². The SMILES string of the molecule is CC1CCC(C2CCC(C(F)(F)Oc3cc(F)c(OCC(F)(F)C(F)C(F)(F)F)c(F)c3)CC2)CC1. The minimum Gasteiger partial charge on any atom is -0.481 e. The first-order chi connectivity index (χ1) is 16.6. The maximum atomic E-state index is 14.7. The molecule has 0 N–H and O–H groups in total. The highest BCUT2D eigenvalue weighted by Gasteiger charge is 2.57. The maximum Gasteiger partial charge on any atom is 0.425 e. The molecule has 0 saturated heterocycles. The normalized spacial score (nSPS) is 27.0. The molecule has 0 spiro atoms. The topological polar surface area (TPSA) is 18.5 Å². The van der Waals surface area contributed by atoms with Crippen molar-refractivity contribution in [2.45, 2.75) is 82.7 Å². The molecule has 0 amide bonds. The first kappa shape index (κ1) is 28.7. The van der Waals surface area contributed by atoms with Gasteiger partial charge in [-0.3, -0.25) is 0 Å². The molecule has 2 fully saturated rings. The number of hydrogen-bond acceptors (Lipinski definition) is 2. The molecular formula is C24H28F10O2. The van der Waals surface area contributed by atoms with Gasteiger partial charge in [0.1, 0.15) is 5.75 Å². The van der Waals surface area contributed by atoms with Gasteiger partial charge in [0.05, 0.1) is 5.92 Å². The molecule has 1 aromatic carbocycles. The third kappa shape index (κ3) is 6.90. The molecule has 1 aromatic rings. The van der Waals surface area contributed by atoms with E-state index >= 15 is 0 Å². The monoisotopic (exact) mass is 538 g/mol. The van der Waals surface area contributed by atoms with Crippen molar-refractivity contribution in [3.8, 4) is 11.5 Å². The second kappa shape index (κ2) is 10.8. The van der Waals surface area contributed by atoms with Crippen LogP contribution in [0.25, 0.3) is 0 Å². The number of benzene rings is 1. The summed E-state index contributed by atoms with van der Waals surface area (Å²) in [5.41, 5.74) is 0. The Labute approximate surface area is 202 Å². The van der Waals surface area contributed by atoms with E-state index in [4.69, 9.17) is 0 Å². The number of alkyl halides is 8. The highest BCUT2D eigenvalue weighted by atomic mass is 19.4. The van der Waals surface area contributed by atoms with Crippen molar-refractivity contribution in [1.29, 1.82) is 0 Å². The molecule has 206 valence electrons. The zero-order valence-corrected chi connectivity index (χ0v) is 19.5. The fourth-order valence-electron chi connectivity index (χ4n) is 5.14. The fraction of sp³-hybridized carbons (Fsp3) is 0.750. The van der Waals surface area contributed by atoms with Crippen LogP contribution in [-0.4, -0.2) is 31.0 Å². The van der Waals surface area contributed by atoms with Crippen LogP contribution in [0.15, 0.2) is 12.1 Å². The first-order valence-electron chi connectivity index (χ1n) is 11.9. The Morgan fingerprint density at radius 3 is 1.75 bits per heavy atom. The summed E-state index contributed by atoms with van der Waals surface area (Å²) in [6.45, 7) is -0.140. The van der Waals surface area contributed by atoms with Gasteiger partial charge in [-0.05, 0) is 56.3 Å². The predicted molar refractivity (Wildman–Crippen MR) is 110 cm³/mol. The van der Waals surface area contributed by atoms with Crippen LogP contribution in [0.1, 0.15) is 58.3 Å². The quantitative estimate of drug-likeness (QED) is 0.309. The Hall–Kier alpha value is -1.88. The number of rotatable bonds is 8. The van der Waals surface area contributed by atoms with Gasteiger partial charge in [0.15, 0.2) is 24.0 Å². The van der Waals surface area contributed by atoms with Crippen LogP contribution in [0.3, 0.4) is 0 Å². The lowest BCUT2D eigenvalue weighted by molar-refractivity contribution is -0.250. The maximum absolute atomic E-state index is 14.7. The van der Waals surface area contributed by atoms with Crippen LogP contribution in [0, 0.1) is 35.3 Å². The van der Waals surface area contributed by atoms with Crippen molar-refractivity contribution < 1.29 is 53.4 Å². The summed E-state index contributed by atoms with van der Waals surface area (Å²) in [5.74, 6) is -10.9. The van der Waals surface area contributed by atoms with E-state index < -0.39 is 60.0 Å². The zero-order chi connectivity index (χ0) is 26.9. The summed E-state index contributed by atoms with van der Waals surface area (Å²) < 4.78 is 143. The van der Waals surface area contributed by atoms with Crippen LogP contribution in [-0.2, 0) is 0 Å². The molecule has 1 unspecified atom stereocenters. The van der Waals surface area contributed by atoms with E-state index in [9.17, 15) is 43.9 Å². The van der Waals surface area contributed by atoms with Gasteiger partial charge in [-0.15, -0.1) is 0 Å². The average Bonchev–Trinajstić information content (AvgIpc) is 2.77. The van der Waals surface area contributed by atoms with Crippen LogP contribution in [0.4, 0.5) is 43.9 Å². The molecule has 2 aliphatic carbocycles. The largest absolute Gasteiger partial charge is 0.481 e. The average molecular weight is 538 g/mol. The molecule has 12 heteroatoms. The summed E-state index contributed by atoms with van der Waals surface area (Å²) in [6, 6.07) is 0.492. The van der Waals surface area contributed by atoms with Crippen LogP contribution >= 0.6 is 0 Å². The van der Waals surface area contributed by atoms with Crippen molar-refractivity contribution in [3.63, 3.8) is 0 Å². The highest BCUT2D eigenvalue weighted by Crippen LogP contribution is 2.46. The van der Waals surface area contributed by atoms with Crippen LogP contribution in [0.5, 0.6) is 11.5 Å². The van der Waals surface area contributed by atoms with Crippen molar-refractivity contribution in [1.82, 2.24) is 0 Å². The highest BCUT2D eigenvalue weighted by molar-refractivity contribution is 5.35. The van der Waals surface area contributed by atoms with Crippen molar-refractivity contribution >= 4 is 0 Å². The van der Waals surface area contributed by atoms with Gasteiger partial charge in [0, 0.05) is 12.1 Å². The van der Waals surface area contributed by atoms with Gasteiger partial charge < -0.3 is 9.47 Å². The fourth-order valence-corrected chi connectivity index (χ4v) is 5.14. The summed E-state index contributed by atoms with van der Waals surface area (Å²) in [6.07, 6.45) is -8.45. The van der Waals surface area contributed by atoms with E-state index in [2.05, 4.69) is 16.4 Å². The second-order valence-electron chi connectivity index (χ2n) is 9.97. The first-order valence-corrected chi connectivity index (χ1v) is 11.9. The van der Waals surface area contributed by atoms with Crippen molar-refractivity contribution in [2.24, 2.45) is 23.7 Å². The minimum absolute atomic E-state index is 0.161. The lowest BCUT2D eigenvalue weighted by Gasteiger charge is -2.38. The molecule has 36 heavy (non-hydrogen) atoms. The number of hydrogen-bond donors (Lipinski definition) is 0. The van der Waals surface area contributed by atoms with E-state index in [1.54, 1.807) is 0 Å². The standard InChI is InChI=1S/C24H28F10O2/c1-13-2-4-14(5-3-13)15-6-8-16(9-7-15)24(33,34)36-17-10-18(25)20(19(26)11-17)35-12-22(28,29)21(27)23(30,31)32/h10-11,13-16,21H,2-9,12H2,1H3. The molecule has 0 aromatic heterocycles. The molecule has 2 aliphatic rings.